The van der Waals surface area contributed by atoms with E-state index in [1.807, 2.05) is 42.5 Å². The lowest BCUT2D eigenvalue weighted by Gasteiger charge is -2.09. The monoisotopic (exact) mass is 364 g/mol. The van der Waals surface area contributed by atoms with Gasteiger partial charge in [0.1, 0.15) is 5.82 Å². The maximum Gasteiger partial charge on any atom is 0.231 e. The van der Waals surface area contributed by atoms with Gasteiger partial charge in [0.2, 0.25) is 12.7 Å². The summed E-state index contributed by atoms with van der Waals surface area (Å²) >= 11 is 0. The minimum absolute atomic E-state index is 0.155. The maximum atomic E-state index is 12.9. The SMILES string of the molecule is O=C(Cc1ccc(F)cc1)Nc1ccc(Nc2ccc3c(c2)OCO3)cc1. The average molecular weight is 364 g/mol. The van der Waals surface area contributed by atoms with Crippen molar-refractivity contribution >= 4 is 23.0 Å². The molecule has 0 saturated heterocycles. The molecule has 0 aliphatic carbocycles. The van der Waals surface area contributed by atoms with Gasteiger partial charge in [-0.3, -0.25) is 4.79 Å². The Morgan fingerprint density at radius 1 is 0.852 bits per heavy atom. The highest BCUT2D eigenvalue weighted by atomic mass is 19.1. The van der Waals surface area contributed by atoms with Crippen LogP contribution in [0, 0.1) is 5.82 Å². The van der Waals surface area contributed by atoms with Gasteiger partial charge in [-0.05, 0) is 54.1 Å². The van der Waals surface area contributed by atoms with Gasteiger partial charge in [-0.25, -0.2) is 4.39 Å². The van der Waals surface area contributed by atoms with Crippen molar-refractivity contribution in [1.29, 1.82) is 0 Å². The van der Waals surface area contributed by atoms with E-state index in [-0.39, 0.29) is 24.9 Å². The molecule has 0 atom stereocenters. The van der Waals surface area contributed by atoms with Crippen LogP contribution >= 0.6 is 0 Å². The van der Waals surface area contributed by atoms with Crippen molar-refractivity contribution in [3.8, 4) is 11.5 Å². The number of nitrogens with one attached hydrogen (secondary N) is 2. The smallest absolute Gasteiger partial charge is 0.231 e. The van der Waals surface area contributed by atoms with E-state index >= 15 is 0 Å². The summed E-state index contributed by atoms with van der Waals surface area (Å²) in [6.07, 6.45) is 0.192. The molecule has 6 heteroatoms. The van der Waals surface area contributed by atoms with E-state index in [4.69, 9.17) is 9.47 Å². The van der Waals surface area contributed by atoms with Crippen LogP contribution in [0.2, 0.25) is 0 Å². The van der Waals surface area contributed by atoms with Gasteiger partial charge in [0, 0.05) is 23.1 Å². The van der Waals surface area contributed by atoms with Crippen LogP contribution in [0.1, 0.15) is 5.56 Å². The Kier molecular flexibility index (Phi) is 4.61. The molecule has 0 bridgehead atoms. The van der Waals surface area contributed by atoms with Crippen LogP contribution in [-0.2, 0) is 11.2 Å². The highest BCUT2D eigenvalue weighted by Gasteiger charge is 2.13. The molecule has 2 N–H and O–H groups in total. The average Bonchev–Trinajstić information content (AvgIpc) is 3.13. The van der Waals surface area contributed by atoms with Gasteiger partial charge >= 0.3 is 0 Å². The van der Waals surface area contributed by atoms with E-state index in [2.05, 4.69) is 10.6 Å². The number of carbonyl (C=O) groups excluding carboxylic acids is 1. The molecule has 0 unspecified atom stereocenters. The zero-order valence-electron chi connectivity index (χ0n) is 14.4. The first-order valence-electron chi connectivity index (χ1n) is 8.47. The van der Waals surface area contributed by atoms with Crippen LogP contribution in [0.25, 0.3) is 0 Å². The third-order valence-electron chi connectivity index (χ3n) is 4.11. The quantitative estimate of drug-likeness (QED) is 0.701. The lowest BCUT2D eigenvalue weighted by Crippen LogP contribution is -2.14. The summed E-state index contributed by atoms with van der Waals surface area (Å²) in [5.41, 5.74) is 3.21. The third-order valence-corrected chi connectivity index (χ3v) is 4.11. The minimum atomic E-state index is -0.315. The molecular formula is C21H17FN2O3. The van der Waals surface area contributed by atoms with Crippen molar-refractivity contribution in [1.82, 2.24) is 0 Å². The van der Waals surface area contributed by atoms with Crippen molar-refractivity contribution < 1.29 is 18.7 Å². The summed E-state index contributed by atoms with van der Waals surface area (Å²) in [5, 5.41) is 6.11. The number of rotatable bonds is 5. The molecular weight excluding hydrogens is 347 g/mol. The van der Waals surface area contributed by atoms with E-state index in [9.17, 15) is 9.18 Å². The van der Waals surface area contributed by atoms with Gasteiger partial charge in [-0.2, -0.15) is 0 Å². The van der Waals surface area contributed by atoms with Gasteiger partial charge in [-0.1, -0.05) is 12.1 Å². The molecule has 1 aliphatic rings. The van der Waals surface area contributed by atoms with Gasteiger partial charge < -0.3 is 20.1 Å². The number of fused-ring (bicyclic) bond motifs is 1. The molecule has 1 amide bonds. The largest absolute Gasteiger partial charge is 0.454 e. The van der Waals surface area contributed by atoms with E-state index in [1.165, 1.54) is 12.1 Å². The van der Waals surface area contributed by atoms with E-state index in [0.29, 0.717) is 11.4 Å². The molecule has 4 rings (SSSR count). The summed E-state index contributed by atoms with van der Waals surface area (Å²) < 4.78 is 23.6. The lowest BCUT2D eigenvalue weighted by molar-refractivity contribution is -0.115. The summed E-state index contributed by atoms with van der Waals surface area (Å²) in [7, 11) is 0. The van der Waals surface area contributed by atoms with E-state index < -0.39 is 0 Å². The zero-order valence-corrected chi connectivity index (χ0v) is 14.4. The number of ether oxygens (including phenoxy) is 2. The molecule has 0 aromatic heterocycles. The normalized spacial score (nSPS) is 11.9. The fraction of sp³-hybridized carbons (Fsp3) is 0.0952. The Bertz CT molecular complexity index is 956. The van der Waals surface area contributed by atoms with Crippen molar-refractivity contribution in [2.24, 2.45) is 0 Å². The summed E-state index contributed by atoms with van der Waals surface area (Å²) in [5.74, 6) is 0.979. The number of carbonyl (C=O) groups is 1. The molecule has 27 heavy (non-hydrogen) atoms. The van der Waals surface area contributed by atoms with Crippen molar-refractivity contribution in [2.75, 3.05) is 17.4 Å². The molecule has 1 heterocycles. The molecule has 0 radical (unpaired) electrons. The second kappa shape index (κ2) is 7.37. The highest BCUT2D eigenvalue weighted by molar-refractivity contribution is 5.92. The van der Waals surface area contributed by atoms with Crippen LogP contribution < -0.4 is 20.1 Å². The van der Waals surface area contributed by atoms with Crippen LogP contribution in [0.15, 0.2) is 66.7 Å². The predicted molar refractivity (Wildman–Crippen MR) is 101 cm³/mol. The number of anilines is 3. The van der Waals surface area contributed by atoms with Gasteiger partial charge in [-0.15, -0.1) is 0 Å². The Labute approximate surface area is 155 Å². The second-order valence-corrected chi connectivity index (χ2v) is 6.12. The Morgan fingerprint density at radius 3 is 2.30 bits per heavy atom. The number of amides is 1. The predicted octanol–water partition coefficient (Wildman–Crippen LogP) is 4.48. The van der Waals surface area contributed by atoms with E-state index in [1.54, 1.807) is 12.1 Å². The molecule has 1 aliphatic heterocycles. The molecule has 0 spiro atoms. The zero-order chi connectivity index (χ0) is 18.6. The standard InChI is InChI=1S/C21H17FN2O3/c22-15-3-1-14(2-4-15)11-21(25)24-17-7-5-16(6-8-17)23-18-9-10-19-20(12-18)27-13-26-19/h1-10,12,23H,11,13H2,(H,24,25). The number of hydrogen-bond acceptors (Lipinski definition) is 4. The maximum absolute atomic E-state index is 12.9. The number of hydrogen-bond donors (Lipinski definition) is 2. The minimum Gasteiger partial charge on any atom is -0.454 e. The summed E-state index contributed by atoms with van der Waals surface area (Å²) in [4.78, 5) is 12.1. The lowest BCUT2D eigenvalue weighted by atomic mass is 10.1. The van der Waals surface area contributed by atoms with Gasteiger partial charge in [0.25, 0.3) is 0 Å². The van der Waals surface area contributed by atoms with Gasteiger partial charge in [0.05, 0.1) is 6.42 Å². The van der Waals surface area contributed by atoms with Crippen molar-refractivity contribution in [2.45, 2.75) is 6.42 Å². The molecule has 136 valence electrons. The van der Waals surface area contributed by atoms with Crippen LogP contribution in [0.5, 0.6) is 11.5 Å². The molecule has 0 fully saturated rings. The fourth-order valence-corrected chi connectivity index (χ4v) is 2.77. The molecule has 5 nitrogen and oxygen atoms in total. The number of halogens is 1. The van der Waals surface area contributed by atoms with Crippen molar-refractivity contribution in [3.63, 3.8) is 0 Å². The molecule has 0 saturated carbocycles. The Balaban J connectivity index is 1.35. The Hall–Kier alpha value is -3.54. The molecule has 3 aromatic rings. The summed E-state index contributed by atoms with van der Waals surface area (Å²) in [6, 6.07) is 18.9. The van der Waals surface area contributed by atoms with E-state index in [0.717, 1.165) is 22.7 Å². The Morgan fingerprint density at radius 2 is 1.52 bits per heavy atom. The topological polar surface area (TPSA) is 59.6 Å². The fourth-order valence-electron chi connectivity index (χ4n) is 2.77. The number of benzene rings is 3. The summed E-state index contributed by atoms with van der Waals surface area (Å²) in [6.45, 7) is 0.241. The molecule has 3 aromatic carbocycles. The van der Waals surface area contributed by atoms with Crippen LogP contribution in [0.4, 0.5) is 21.5 Å². The second-order valence-electron chi connectivity index (χ2n) is 6.12. The van der Waals surface area contributed by atoms with Gasteiger partial charge in [0.15, 0.2) is 11.5 Å². The first kappa shape index (κ1) is 16.9. The van der Waals surface area contributed by atoms with Crippen LogP contribution in [-0.4, -0.2) is 12.7 Å². The highest BCUT2D eigenvalue weighted by Crippen LogP contribution is 2.35. The first-order chi connectivity index (χ1) is 13.2. The first-order valence-corrected chi connectivity index (χ1v) is 8.47. The van der Waals surface area contributed by atoms with Crippen LogP contribution in [0.3, 0.4) is 0 Å². The third kappa shape index (κ3) is 4.17. The van der Waals surface area contributed by atoms with Crippen molar-refractivity contribution in [3.05, 3.63) is 78.1 Å².